The Morgan fingerprint density at radius 3 is 2.58 bits per heavy atom. The lowest BCUT2D eigenvalue weighted by Crippen LogP contribution is -2.47. The lowest BCUT2D eigenvalue weighted by molar-refractivity contribution is 0.0719. The molecular formula is C22H20ClFN4O3. The standard InChI is InChI=1S/C22H20ClFN4O3/c1-12(28(21(30)31)22(2,3)4)19-26-18-16(9-14(24)10-17(18)23)20(29)27(19)15-7-5-6-13(8-15)11-25/h5-10,12H,1-4H3,(H,30,31)/t12-/m0/s1. The average molecular weight is 443 g/mol. The highest BCUT2D eigenvalue weighted by molar-refractivity contribution is 6.35. The van der Waals surface area contributed by atoms with Crippen molar-refractivity contribution in [2.45, 2.75) is 39.3 Å². The SMILES string of the molecule is C[C@@H](c1nc2c(Cl)cc(F)cc2c(=O)n1-c1cccc(C#N)c1)N(C(=O)O)C(C)(C)C. The molecule has 0 saturated heterocycles. The van der Waals surface area contributed by atoms with Crippen LogP contribution in [0.15, 0.2) is 41.2 Å². The number of benzene rings is 2. The molecule has 0 aliphatic heterocycles. The number of halogens is 2. The van der Waals surface area contributed by atoms with Gasteiger partial charge in [-0.1, -0.05) is 17.7 Å². The van der Waals surface area contributed by atoms with Crippen LogP contribution in [-0.2, 0) is 0 Å². The Morgan fingerprint density at radius 2 is 2.00 bits per heavy atom. The highest BCUT2D eigenvalue weighted by Gasteiger charge is 2.34. The van der Waals surface area contributed by atoms with Gasteiger partial charge in [0, 0.05) is 5.54 Å². The van der Waals surface area contributed by atoms with E-state index in [1.54, 1.807) is 45.9 Å². The van der Waals surface area contributed by atoms with E-state index >= 15 is 0 Å². The average Bonchev–Trinajstić information content (AvgIpc) is 2.67. The lowest BCUT2D eigenvalue weighted by Gasteiger charge is -2.38. The summed E-state index contributed by atoms with van der Waals surface area (Å²) in [4.78, 5) is 31.2. The fraction of sp³-hybridized carbons (Fsp3) is 0.273. The summed E-state index contributed by atoms with van der Waals surface area (Å²) in [5.74, 6) is -0.602. The van der Waals surface area contributed by atoms with Gasteiger partial charge in [0.25, 0.3) is 5.56 Å². The molecule has 0 saturated carbocycles. The fourth-order valence-electron chi connectivity index (χ4n) is 3.63. The van der Waals surface area contributed by atoms with E-state index in [4.69, 9.17) is 11.6 Å². The molecule has 1 aromatic heterocycles. The Kier molecular flexibility index (Phi) is 5.74. The number of hydrogen-bond donors (Lipinski definition) is 1. The molecule has 160 valence electrons. The van der Waals surface area contributed by atoms with Crippen LogP contribution in [0.5, 0.6) is 0 Å². The van der Waals surface area contributed by atoms with Gasteiger partial charge in [-0.25, -0.2) is 14.2 Å². The molecule has 1 atom stereocenters. The van der Waals surface area contributed by atoms with Gasteiger partial charge in [0.15, 0.2) is 0 Å². The molecule has 0 bridgehead atoms. The monoisotopic (exact) mass is 442 g/mol. The quantitative estimate of drug-likeness (QED) is 0.622. The van der Waals surface area contributed by atoms with Gasteiger partial charge >= 0.3 is 6.09 Å². The first-order valence-electron chi connectivity index (χ1n) is 9.40. The lowest BCUT2D eigenvalue weighted by atomic mass is 10.0. The zero-order valence-corrected chi connectivity index (χ0v) is 18.1. The van der Waals surface area contributed by atoms with Crippen molar-refractivity contribution in [1.29, 1.82) is 5.26 Å². The fourth-order valence-corrected chi connectivity index (χ4v) is 3.87. The summed E-state index contributed by atoms with van der Waals surface area (Å²) in [5, 5.41) is 19.0. The van der Waals surface area contributed by atoms with Crippen molar-refractivity contribution in [1.82, 2.24) is 14.5 Å². The predicted octanol–water partition coefficient (Wildman–Crippen LogP) is 4.89. The van der Waals surface area contributed by atoms with Crippen molar-refractivity contribution in [3.05, 3.63) is 69.0 Å². The van der Waals surface area contributed by atoms with Gasteiger partial charge in [-0.2, -0.15) is 5.26 Å². The summed E-state index contributed by atoms with van der Waals surface area (Å²) in [5.41, 5.74) is -0.764. The minimum absolute atomic E-state index is 0.0547. The number of aromatic nitrogens is 2. The maximum absolute atomic E-state index is 14.0. The molecule has 0 fully saturated rings. The van der Waals surface area contributed by atoms with Crippen LogP contribution >= 0.6 is 11.6 Å². The molecule has 0 unspecified atom stereocenters. The largest absolute Gasteiger partial charge is 0.465 e. The van der Waals surface area contributed by atoms with E-state index in [9.17, 15) is 24.3 Å². The number of nitriles is 1. The highest BCUT2D eigenvalue weighted by Crippen LogP contribution is 2.30. The van der Waals surface area contributed by atoms with Gasteiger partial charge in [0.2, 0.25) is 0 Å². The van der Waals surface area contributed by atoms with Gasteiger partial charge in [0.1, 0.15) is 11.6 Å². The third kappa shape index (κ3) is 4.09. The smallest absolute Gasteiger partial charge is 0.408 e. The molecular weight excluding hydrogens is 423 g/mol. The molecule has 2 aromatic carbocycles. The number of fused-ring (bicyclic) bond motifs is 1. The Bertz CT molecular complexity index is 1290. The predicted molar refractivity (Wildman–Crippen MR) is 115 cm³/mol. The van der Waals surface area contributed by atoms with E-state index in [1.165, 1.54) is 15.5 Å². The van der Waals surface area contributed by atoms with E-state index in [2.05, 4.69) is 4.98 Å². The zero-order valence-electron chi connectivity index (χ0n) is 17.3. The first-order chi connectivity index (χ1) is 14.5. The number of amides is 1. The Balaban J connectivity index is 2.45. The summed E-state index contributed by atoms with van der Waals surface area (Å²) < 4.78 is 15.2. The summed E-state index contributed by atoms with van der Waals surface area (Å²) in [6, 6.07) is 9.45. The Morgan fingerprint density at radius 1 is 1.32 bits per heavy atom. The molecule has 0 spiro atoms. The van der Waals surface area contributed by atoms with Crippen LogP contribution in [-0.4, -0.2) is 31.2 Å². The highest BCUT2D eigenvalue weighted by atomic mass is 35.5. The minimum Gasteiger partial charge on any atom is -0.465 e. The van der Waals surface area contributed by atoms with Crippen LogP contribution in [0.1, 0.15) is 45.1 Å². The Hall–Kier alpha value is -3.44. The van der Waals surface area contributed by atoms with E-state index in [0.717, 1.165) is 12.1 Å². The summed E-state index contributed by atoms with van der Waals surface area (Å²) in [7, 11) is 0. The molecule has 31 heavy (non-hydrogen) atoms. The van der Waals surface area contributed by atoms with Gasteiger partial charge in [-0.15, -0.1) is 0 Å². The van der Waals surface area contributed by atoms with Crippen LogP contribution in [0.25, 0.3) is 16.6 Å². The molecule has 7 nitrogen and oxygen atoms in total. The topological polar surface area (TPSA) is 99.2 Å². The van der Waals surface area contributed by atoms with Crippen LogP contribution in [0.3, 0.4) is 0 Å². The molecule has 0 radical (unpaired) electrons. The maximum atomic E-state index is 14.0. The van der Waals surface area contributed by atoms with E-state index < -0.39 is 29.1 Å². The molecule has 3 aromatic rings. The van der Waals surface area contributed by atoms with Crippen LogP contribution in [0.4, 0.5) is 9.18 Å². The van der Waals surface area contributed by atoms with E-state index in [1.807, 2.05) is 6.07 Å². The molecule has 1 N–H and O–H groups in total. The second-order valence-electron chi connectivity index (χ2n) is 8.06. The van der Waals surface area contributed by atoms with Crippen molar-refractivity contribution in [3.63, 3.8) is 0 Å². The molecule has 0 aliphatic rings. The van der Waals surface area contributed by atoms with Gasteiger partial charge in [0.05, 0.1) is 39.3 Å². The number of carbonyl (C=O) groups is 1. The van der Waals surface area contributed by atoms with E-state index in [0.29, 0.717) is 11.3 Å². The van der Waals surface area contributed by atoms with Crippen molar-refractivity contribution < 1.29 is 14.3 Å². The molecule has 1 amide bonds. The van der Waals surface area contributed by atoms with Crippen LogP contribution in [0.2, 0.25) is 5.02 Å². The molecule has 3 rings (SSSR count). The van der Waals surface area contributed by atoms with Gasteiger partial charge < -0.3 is 5.11 Å². The third-order valence-electron chi connectivity index (χ3n) is 4.84. The van der Waals surface area contributed by atoms with Crippen molar-refractivity contribution in [2.24, 2.45) is 0 Å². The van der Waals surface area contributed by atoms with Crippen LogP contribution < -0.4 is 5.56 Å². The summed E-state index contributed by atoms with van der Waals surface area (Å²) in [6.45, 7) is 6.77. The molecule has 9 heteroatoms. The zero-order chi connectivity index (χ0) is 23.1. The Labute approximate surface area is 182 Å². The maximum Gasteiger partial charge on any atom is 0.408 e. The van der Waals surface area contributed by atoms with Crippen molar-refractivity contribution in [2.75, 3.05) is 0 Å². The molecule has 1 heterocycles. The van der Waals surface area contributed by atoms with Crippen molar-refractivity contribution in [3.8, 4) is 11.8 Å². The normalized spacial score (nSPS) is 12.4. The summed E-state index contributed by atoms with van der Waals surface area (Å²) >= 11 is 6.17. The first-order valence-corrected chi connectivity index (χ1v) is 9.78. The number of carboxylic acid groups (broad SMARTS) is 1. The molecule has 0 aliphatic carbocycles. The number of rotatable bonds is 3. The van der Waals surface area contributed by atoms with Gasteiger partial charge in [-0.3, -0.25) is 14.3 Å². The van der Waals surface area contributed by atoms with Crippen LogP contribution in [0, 0.1) is 17.1 Å². The second-order valence-corrected chi connectivity index (χ2v) is 8.46. The van der Waals surface area contributed by atoms with Gasteiger partial charge in [-0.05, 0) is 58.0 Å². The van der Waals surface area contributed by atoms with E-state index in [-0.39, 0.29) is 21.7 Å². The minimum atomic E-state index is -1.20. The number of hydrogen-bond acceptors (Lipinski definition) is 4. The first kappa shape index (κ1) is 22.2. The number of nitrogens with zero attached hydrogens (tertiary/aromatic N) is 4. The van der Waals surface area contributed by atoms with Crippen molar-refractivity contribution >= 4 is 28.6 Å². The second kappa shape index (κ2) is 8.00. The summed E-state index contributed by atoms with van der Waals surface area (Å²) in [6.07, 6.45) is -1.20. The third-order valence-corrected chi connectivity index (χ3v) is 5.13.